The number of piperidine rings is 1. The summed E-state index contributed by atoms with van der Waals surface area (Å²) in [7, 11) is 0. The maximum Gasteiger partial charge on any atom is 0.267 e. The smallest absolute Gasteiger partial charge is 0.267 e. The van der Waals surface area contributed by atoms with E-state index in [2.05, 4.69) is 15.6 Å². The fourth-order valence-electron chi connectivity index (χ4n) is 3.49. The molecule has 1 aliphatic heterocycles. The van der Waals surface area contributed by atoms with E-state index in [1.807, 2.05) is 24.3 Å². The summed E-state index contributed by atoms with van der Waals surface area (Å²) in [5, 5.41) is 7.37. The largest absolute Gasteiger partial charge is 0.351 e. The maximum atomic E-state index is 13.1. The number of aromatic nitrogens is 1. The first kappa shape index (κ1) is 16.8. The molecular formula is C21H22FN3O. The first-order valence-electron chi connectivity index (χ1n) is 9.07. The van der Waals surface area contributed by atoms with Gasteiger partial charge in [0.25, 0.3) is 5.91 Å². The molecule has 26 heavy (non-hydrogen) atoms. The van der Waals surface area contributed by atoms with Crippen LogP contribution in [0.3, 0.4) is 0 Å². The Morgan fingerprint density at radius 2 is 1.77 bits per heavy atom. The van der Waals surface area contributed by atoms with Crippen molar-refractivity contribution < 1.29 is 9.18 Å². The van der Waals surface area contributed by atoms with Gasteiger partial charge in [0.2, 0.25) is 0 Å². The molecule has 0 saturated carbocycles. The fraction of sp³-hybridized carbons (Fsp3) is 0.286. The summed E-state index contributed by atoms with van der Waals surface area (Å²) >= 11 is 0. The molecule has 2 aromatic carbocycles. The number of H-pyrrole nitrogens is 1. The highest BCUT2D eigenvalue weighted by Crippen LogP contribution is 2.25. The van der Waals surface area contributed by atoms with Crippen LogP contribution in [-0.4, -0.2) is 30.5 Å². The number of carbonyl (C=O) groups is 1. The molecule has 0 unspecified atom stereocenters. The molecule has 1 aliphatic rings. The Hall–Kier alpha value is -2.66. The van der Waals surface area contributed by atoms with Gasteiger partial charge in [0, 0.05) is 17.4 Å². The average molecular weight is 351 g/mol. The van der Waals surface area contributed by atoms with Crippen molar-refractivity contribution >= 4 is 16.8 Å². The van der Waals surface area contributed by atoms with Crippen molar-refractivity contribution in [1.82, 2.24) is 15.6 Å². The number of halogens is 1. The first-order valence-corrected chi connectivity index (χ1v) is 9.07. The van der Waals surface area contributed by atoms with Crippen LogP contribution in [0.2, 0.25) is 0 Å². The third-order valence-electron chi connectivity index (χ3n) is 5.05. The lowest BCUT2D eigenvalue weighted by Gasteiger charge is -2.22. The molecule has 1 amide bonds. The number of hydrogen-bond donors (Lipinski definition) is 3. The molecule has 3 N–H and O–H groups in total. The van der Waals surface area contributed by atoms with Gasteiger partial charge in [-0.2, -0.15) is 0 Å². The molecule has 0 aliphatic carbocycles. The normalized spacial score (nSPS) is 15.3. The lowest BCUT2D eigenvalue weighted by molar-refractivity contribution is 0.0940. The van der Waals surface area contributed by atoms with Gasteiger partial charge in [-0.1, -0.05) is 24.3 Å². The Bertz CT molecular complexity index is 911. The topological polar surface area (TPSA) is 56.9 Å². The van der Waals surface area contributed by atoms with Crippen molar-refractivity contribution in [2.24, 2.45) is 5.92 Å². The van der Waals surface area contributed by atoms with Crippen molar-refractivity contribution in [3.05, 3.63) is 60.0 Å². The Morgan fingerprint density at radius 3 is 2.54 bits per heavy atom. The highest BCUT2D eigenvalue weighted by Gasteiger charge is 2.15. The predicted molar refractivity (Wildman–Crippen MR) is 102 cm³/mol. The van der Waals surface area contributed by atoms with E-state index in [0.29, 0.717) is 11.6 Å². The summed E-state index contributed by atoms with van der Waals surface area (Å²) in [5.74, 6) is 0.236. The molecular weight excluding hydrogens is 329 g/mol. The van der Waals surface area contributed by atoms with Crippen LogP contribution in [0.15, 0.2) is 48.5 Å². The fourth-order valence-corrected chi connectivity index (χ4v) is 3.49. The predicted octanol–water partition coefficient (Wildman–Crippen LogP) is 3.70. The van der Waals surface area contributed by atoms with Gasteiger partial charge in [0.05, 0.1) is 0 Å². The van der Waals surface area contributed by atoms with Gasteiger partial charge in [-0.05, 0) is 67.2 Å². The van der Waals surface area contributed by atoms with Gasteiger partial charge < -0.3 is 15.6 Å². The van der Waals surface area contributed by atoms with Crippen LogP contribution in [0.4, 0.5) is 4.39 Å². The minimum Gasteiger partial charge on any atom is -0.351 e. The third-order valence-corrected chi connectivity index (χ3v) is 5.05. The number of hydrogen-bond acceptors (Lipinski definition) is 2. The van der Waals surface area contributed by atoms with E-state index in [-0.39, 0.29) is 11.7 Å². The number of amides is 1. The van der Waals surface area contributed by atoms with Crippen LogP contribution in [0.5, 0.6) is 0 Å². The van der Waals surface area contributed by atoms with Crippen LogP contribution in [0.25, 0.3) is 22.0 Å². The minimum atomic E-state index is -0.248. The molecule has 1 fully saturated rings. The van der Waals surface area contributed by atoms with Gasteiger partial charge in [0.15, 0.2) is 0 Å². The minimum absolute atomic E-state index is 0.0666. The molecule has 134 valence electrons. The van der Waals surface area contributed by atoms with Crippen molar-refractivity contribution in [2.75, 3.05) is 19.6 Å². The van der Waals surface area contributed by atoms with E-state index in [1.165, 1.54) is 12.1 Å². The monoisotopic (exact) mass is 351 g/mol. The lowest BCUT2D eigenvalue weighted by atomic mass is 9.98. The van der Waals surface area contributed by atoms with Crippen LogP contribution in [0, 0.1) is 11.7 Å². The number of aromatic amines is 1. The van der Waals surface area contributed by atoms with Gasteiger partial charge in [-0.3, -0.25) is 4.79 Å². The molecule has 4 nitrogen and oxygen atoms in total. The second kappa shape index (κ2) is 7.30. The molecule has 2 heterocycles. The summed E-state index contributed by atoms with van der Waals surface area (Å²) in [5.41, 5.74) is 3.41. The highest BCUT2D eigenvalue weighted by molar-refractivity contribution is 5.98. The van der Waals surface area contributed by atoms with Crippen molar-refractivity contribution in [3.8, 4) is 11.1 Å². The highest BCUT2D eigenvalue weighted by atomic mass is 19.1. The molecule has 0 radical (unpaired) electrons. The van der Waals surface area contributed by atoms with Gasteiger partial charge >= 0.3 is 0 Å². The molecule has 1 saturated heterocycles. The zero-order valence-electron chi connectivity index (χ0n) is 14.5. The van der Waals surface area contributed by atoms with E-state index in [1.54, 1.807) is 12.1 Å². The molecule has 4 rings (SSSR count). The Balaban J connectivity index is 1.49. The maximum absolute atomic E-state index is 13.1. The zero-order valence-corrected chi connectivity index (χ0v) is 14.5. The summed E-state index contributed by atoms with van der Waals surface area (Å²) in [6.45, 7) is 2.77. The summed E-state index contributed by atoms with van der Waals surface area (Å²) in [4.78, 5) is 15.7. The number of fused-ring (bicyclic) bond motifs is 1. The number of benzene rings is 2. The van der Waals surface area contributed by atoms with Crippen LogP contribution in [-0.2, 0) is 0 Å². The molecule has 0 spiro atoms. The number of nitrogens with one attached hydrogen (secondary N) is 3. The molecule has 5 heteroatoms. The van der Waals surface area contributed by atoms with Crippen LogP contribution in [0.1, 0.15) is 23.3 Å². The van der Waals surface area contributed by atoms with Crippen LogP contribution < -0.4 is 10.6 Å². The Kier molecular flexibility index (Phi) is 4.71. The van der Waals surface area contributed by atoms with Crippen molar-refractivity contribution in [3.63, 3.8) is 0 Å². The molecule has 0 atom stereocenters. The summed E-state index contributed by atoms with van der Waals surface area (Å²) in [6.07, 6.45) is 2.21. The van der Waals surface area contributed by atoms with E-state index >= 15 is 0 Å². The molecule has 3 aromatic rings. The van der Waals surface area contributed by atoms with E-state index in [4.69, 9.17) is 0 Å². The summed E-state index contributed by atoms with van der Waals surface area (Å²) in [6, 6.07) is 14.3. The van der Waals surface area contributed by atoms with E-state index < -0.39 is 0 Å². The molecule has 0 bridgehead atoms. The van der Waals surface area contributed by atoms with Gasteiger partial charge in [-0.25, -0.2) is 4.39 Å². The second-order valence-corrected chi connectivity index (χ2v) is 6.90. The number of rotatable bonds is 4. The summed E-state index contributed by atoms with van der Waals surface area (Å²) < 4.78 is 13.1. The van der Waals surface area contributed by atoms with E-state index in [0.717, 1.165) is 54.5 Å². The quantitative estimate of drug-likeness (QED) is 0.671. The SMILES string of the molecule is O=C(NCC1CCNCC1)c1cc2ccc(-c3ccc(F)cc3)cc2[nH]1. The van der Waals surface area contributed by atoms with Crippen molar-refractivity contribution in [1.29, 1.82) is 0 Å². The van der Waals surface area contributed by atoms with Crippen molar-refractivity contribution in [2.45, 2.75) is 12.8 Å². The van der Waals surface area contributed by atoms with Gasteiger partial charge in [0.1, 0.15) is 11.5 Å². The second-order valence-electron chi connectivity index (χ2n) is 6.90. The van der Waals surface area contributed by atoms with Gasteiger partial charge in [-0.15, -0.1) is 0 Å². The average Bonchev–Trinajstić information content (AvgIpc) is 3.11. The standard InChI is InChI=1S/C21H22FN3O/c22-18-5-3-15(4-6-18)16-1-2-17-12-20(25-19(17)11-16)21(26)24-13-14-7-9-23-10-8-14/h1-6,11-12,14,23,25H,7-10,13H2,(H,24,26). The lowest BCUT2D eigenvalue weighted by Crippen LogP contribution is -2.36. The van der Waals surface area contributed by atoms with E-state index in [9.17, 15) is 9.18 Å². The third kappa shape index (κ3) is 3.63. The molecule has 1 aromatic heterocycles. The zero-order chi connectivity index (χ0) is 17.9. The first-order chi connectivity index (χ1) is 12.7. The Morgan fingerprint density at radius 1 is 1.04 bits per heavy atom. The number of carbonyl (C=O) groups excluding carboxylic acids is 1. The Labute approximate surface area is 151 Å². The van der Waals surface area contributed by atoms with Crippen LogP contribution >= 0.6 is 0 Å².